The lowest BCUT2D eigenvalue weighted by atomic mass is 10.1. The Bertz CT molecular complexity index is 465. The minimum Gasteiger partial charge on any atom is -0.453 e. The number of aliphatic hydroxyl groups excluding tert-OH is 2. The van der Waals surface area contributed by atoms with Crippen LogP contribution in [0.3, 0.4) is 0 Å². The second-order valence-electron chi connectivity index (χ2n) is 4.05. The number of ether oxygens (including phenoxy) is 1. The zero-order valence-electron chi connectivity index (χ0n) is 9.80. The third-order valence-electron chi connectivity index (χ3n) is 3.05. The molecule has 1 aliphatic heterocycles. The van der Waals surface area contributed by atoms with Crippen molar-refractivity contribution in [3.05, 3.63) is 29.1 Å². The van der Waals surface area contributed by atoms with Gasteiger partial charge < -0.3 is 19.5 Å². The maximum Gasteiger partial charge on any atom is 0.355 e. The molecule has 0 amide bonds. The van der Waals surface area contributed by atoms with Gasteiger partial charge in [0, 0.05) is 11.4 Å². The molecular weight excluding hydrogens is 222 g/mol. The smallest absolute Gasteiger partial charge is 0.355 e. The number of rotatable bonds is 3. The molecule has 1 aliphatic rings. The van der Waals surface area contributed by atoms with E-state index in [1.165, 1.54) is 0 Å². The third-order valence-corrected chi connectivity index (χ3v) is 3.05. The number of cyclic esters (lactones) is 1. The number of hydrogen-bond acceptors (Lipinski definition) is 4. The average Bonchev–Trinajstić information content (AvgIpc) is 2.81. The van der Waals surface area contributed by atoms with E-state index >= 15 is 0 Å². The van der Waals surface area contributed by atoms with Crippen molar-refractivity contribution in [1.29, 1.82) is 0 Å². The van der Waals surface area contributed by atoms with Crippen LogP contribution in [0.4, 0.5) is 0 Å². The summed E-state index contributed by atoms with van der Waals surface area (Å²) in [6.45, 7) is 3.21. The first-order valence-corrected chi connectivity index (χ1v) is 5.43. The van der Waals surface area contributed by atoms with Crippen molar-refractivity contribution in [2.24, 2.45) is 0 Å². The Morgan fingerprint density at radius 3 is 2.18 bits per heavy atom. The molecule has 0 spiro atoms. The zero-order chi connectivity index (χ0) is 12.6. The van der Waals surface area contributed by atoms with E-state index in [0.717, 1.165) is 5.57 Å². The van der Waals surface area contributed by atoms with Gasteiger partial charge in [-0.25, -0.2) is 4.79 Å². The number of aromatic nitrogens is 1. The Morgan fingerprint density at radius 2 is 1.82 bits per heavy atom. The number of hydrogen-bond donors (Lipinski definition) is 2. The fourth-order valence-corrected chi connectivity index (χ4v) is 1.99. The quantitative estimate of drug-likeness (QED) is 0.757. The second-order valence-corrected chi connectivity index (χ2v) is 4.05. The van der Waals surface area contributed by atoms with E-state index < -0.39 is 5.97 Å². The van der Waals surface area contributed by atoms with Crippen LogP contribution in [0.15, 0.2) is 17.7 Å². The lowest BCUT2D eigenvalue weighted by molar-refractivity contribution is -0.137. The molecule has 0 saturated heterocycles. The first-order chi connectivity index (χ1) is 8.10. The van der Waals surface area contributed by atoms with E-state index in [9.17, 15) is 15.0 Å². The highest BCUT2D eigenvalue weighted by molar-refractivity contribution is 6.13. The molecule has 0 fully saturated rings. The number of nitrogens with zero attached hydrogens (tertiary/aromatic N) is 1. The van der Waals surface area contributed by atoms with E-state index in [1.807, 2.05) is 6.92 Å². The van der Waals surface area contributed by atoms with E-state index in [0.29, 0.717) is 17.1 Å². The molecule has 2 heterocycles. The van der Waals surface area contributed by atoms with Gasteiger partial charge in [-0.1, -0.05) is 0 Å². The zero-order valence-corrected chi connectivity index (χ0v) is 9.80. The minimum atomic E-state index is -0.421. The largest absolute Gasteiger partial charge is 0.453 e. The van der Waals surface area contributed by atoms with Crippen LogP contribution in [-0.2, 0) is 22.7 Å². The van der Waals surface area contributed by atoms with Gasteiger partial charge >= 0.3 is 5.97 Å². The first-order valence-electron chi connectivity index (χ1n) is 5.43. The molecule has 2 N–H and O–H groups in total. The maximum atomic E-state index is 11.8. The molecule has 1 aromatic heterocycles. The summed E-state index contributed by atoms with van der Waals surface area (Å²) in [7, 11) is 0. The number of aliphatic hydroxyl groups is 2. The Kier molecular flexibility index (Phi) is 3.04. The predicted molar refractivity (Wildman–Crippen MR) is 60.7 cm³/mol. The molecule has 0 radical (unpaired) electrons. The highest BCUT2D eigenvalue weighted by atomic mass is 16.5. The Labute approximate surface area is 98.9 Å². The first kappa shape index (κ1) is 11.9. The van der Waals surface area contributed by atoms with Gasteiger partial charge in [0.1, 0.15) is 11.8 Å². The summed E-state index contributed by atoms with van der Waals surface area (Å²) in [4.78, 5) is 11.8. The van der Waals surface area contributed by atoms with Gasteiger partial charge in [-0.15, -0.1) is 0 Å². The van der Waals surface area contributed by atoms with Gasteiger partial charge in [-0.05, 0) is 31.6 Å². The van der Waals surface area contributed by atoms with Crippen LogP contribution in [0.5, 0.6) is 0 Å². The maximum absolute atomic E-state index is 11.8. The summed E-state index contributed by atoms with van der Waals surface area (Å²) in [5, 5.41) is 18.5. The molecule has 1 unspecified atom stereocenters. The van der Waals surface area contributed by atoms with E-state index in [2.05, 4.69) is 0 Å². The normalized spacial score (nSPS) is 20.0. The fraction of sp³-hybridized carbons (Fsp3) is 0.417. The summed E-state index contributed by atoms with van der Waals surface area (Å²) < 4.78 is 6.68. The van der Waals surface area contributed by atoms with Gasteiger partial charge in [-0.2, -0.15) is 0 Å². The highest BCUT2D eigenvalue weighted by Gasteiger charge is 2.31. The molecule has 92 valence electrons. The van der Waals surface area contributed by atoms with Crippen molar-refractivity contribution in [2.75, 3.05) is 0 Å². The van der Waals surface area contributed by atoms with Crippen molar-refractivity contribution in [2.45, 2.75) is 33.2 Å². The molecule has 0 aliphatic carbocycles. The van der Waals surface area contributed by atoms with Crippen molar-refractivity contribution in [1.82, 2.24) is 4.57 Å². The number of esters is 1. The molecule has 0 bridgehead atoms. The van der Waals surface area contributed by atoms with Crippen LogP contribution >= 0.6 is 0 Å². The number of carbonyl (C=O) groups excluding carboxylic acids is 1. The molecule has 5 heteroatoms. The minimum absolute atomic E-state index is 0.196. The van der Waals surface area contributed by atoms with Gasteiger partial charge in [0.15, 0.2) is 0 Å². The van der Waals surface area contributed by atoms with Crippen molar-refractivity contribution >= 4 is 11.7 Å². The van der Waals surface area contributed by atoms with Crippen molar-refractivity contribution in [3.63, 3.8) is 0 Å². The second kappa shape index (κ2) is 4.35. The molecular formula is C12H15NO4. The van der Waals surface area contributed by atoms with Gasteiger partial charge in [-0.3, -0.25) is 0 Å². The molecule has 2 rings (SSSR count). The molecule has 0 saturated carbocycles. The van der Waals surface area contributed by atoms with Crippen molar-refractivity contribution in [3.8, 4) is 0 Å². The molecule has 5 nitrogen and oxygen atoms in total. The Morgan fingerprint density at radius 1 is 1.29 bits per heavy atom. The lowest BCUT2D eigenvalue weighted by Gasteiger charge is -2.10. The molecule has 1 atom stereocenters. The molecule has 17 heavy (non-hydrogen) atoms. The van der Waals surface area contributed by atoms with Gasteiger partial charge in [0.2, 0.25) is 0 Å². The summed E-state index contributed by atoms with van der Waals surface area (Å²) in [5.74, 6) is -0.421. The van der Waals surface area contributed by atoms with Crippen LogP contribution in [0, 0.1) is 0 Å². The van der Waals surface area contributed by atoms with Gasteiger partial charge in [0.05, 0.1) is 13.2 Å². The Hall–Kier alpha value is -1.59. The van der Waals surface area contributed by atoms with Crippen LogP contribution in [-0.4, -0.2) is 26.9 Å². The summed E-state index contributed by atoms with van der Waals surface area (Å²) in [6, 6.07) is 3.37. The van der Waals surface area contributed by atoms with Gasteiger partial charge in [0.25, 0.3) is 0 Å². The fourth-order valence-electron chi connectivity index (χ4n) is 1.99. The van der Waals surface area contributed by atoms with E-state index in [-0.39, 0.29) is 19.3 Å². The highest BCUT2D eigenvalue weighted by Crippen LogP contribution is 2.29. The van der Waals surface area contributed by atoms with Crippen LogP contribution < -0.4 is 0 Å². The standard InChI is InChI=1S/C12H15NO4/c1-7-8(2)17-12(16)11(7)13-9(5-14)3-4-10(13)6-15/h3-4,8,14-15H,5-6H2,1-2H3. The molecule has 0 aromatic carbocycles. The monoisotopic (exact) mass is 237 g/mol. The van der Waals surface area contributed by atoms with E-state index in [4.69, 9.17) is 4.74 Å². The third kappa shape index (κ3) is 1.77. The SMILES string of the molecule is CC1=C(n2c(CO)ccc2CO)C(=O)OC1C. The lowest BCUT2D eigenvalue weighted by Crippen LogP contribution is -2.12. The average molecular weight is 237 g/mol. The predicted octanol–water partition coefficient (Wildman–Crippen LogP) is 0.649. The van der Waals surface area contributed by atoms with E-state index in [1.54, 1.807) is 23.6 Å². The van der Waals surface area contributed by atoms with Crippen molar-refractivity contribution < 1.29 is 19.7 Å². The summed E-state index contributed by atoms with van der Waals surface area (Å²) in [6.07, 6.45) is -0.266. The summed E-state index contributed by atoms with van der Waals surface area (Å²) in [5.41, 5.74) is 2.33. The molecule has 1 aromatic rings. The summed E-state index contributed by atoms with van der Waals surface area (Å²) >= 11 is 0. The van der Waals surface area contributed by atoms with Crippen LogP contribution in [0.2, 0.25) is 0 Å². The number of carbonyl (C=O) groups is 1. The topological polar surface area (TPSA) is 71.7 Å². The van der Waals surface area contributed by atoms with Crippen LogP contribution in [0.1, 0.15) is 25.2 Å². The van der Waals surface area contributed by atoms with Crippen LogP contribution in [0.25, 0.3) is 5.70 Å². The Balaban J connectivity index is 2.60.